The summed E-state index contributed by atoms with van der Waals surface area (Å²) in [6, 6.07) is 13.5. The van der Waals surface area contributed by atoms with Crippen molar-refractivity contribution in [1.29, 1.82) is 0 Å². The van der Waals surface area contributed by atoms with Crippen LogP contribution in [0.5, 0.6) is 5.75 Å². The third-order valence-electron chi connectivity index (χ3n) is 3.20. The van der Waals surface area contributed by atoms with Crippen LogP contribution in [0.25, 0.3) is 16.6 Å². The second-order valence-electron chi connectivity index (χ2n) is 4.76. The van der Waals surface area contributed by atoms with Gasteiger partial charge in [0.2, 0.25) is 0 Å². The van der Waals surface area contributed by atoms with E-state index in [4.69, 9.17) is 9.84 Å². The minimum Gasteiger partial charge on any atom is -0.481 e. The molecule has 3 rings (SSSR count). The summed E-state index contributed by atoms with van der Waals surface area (Å²) in [5.74, 6) is -0.480. The summed E-state index contributed by atoms with van der Waals surface area (Å²) >= 11 is 0. The van der Waals surface area contributed by atoms with Crippen molar-refractivity contribution in [3.05, 3.63) is 54.2 Å². The highest BCUT2D eigenvalue weighted by Crippen LogP contribution is 2.27. The normalized spacial score (nSPS) is 10.7. The highest BCUT2D eigenvalue weighted by Gasteiger charge is 2.10. The van der Waals surface area contributed by atoms with E-state index < -0.39 is 5.97 Å². The molecule has 21 heavy (non-hydrogen) atoms. The molecule has 1 N–H and O–H groups in total. The first kappa shape index (κ1) is 13.2. The van der Waals surface area contributed by atoms with Crippen LogP contribution in [-0.2, 0) is 4.79 Å². The maximum atomic E-state index is 10.6. The fraction of sp³-hybridized carbons (Fsp3) is 0.125. The molecular formula is C16H14N2O3. The SMILES string of the molecule is Cc1ccc(-n2ncc3c(OCC(=O)O)cccc32)cc1. The van der Waals surface area contributed by atoms with Gasteiger partial charge in [-0.3, -0.25) is 0 Å². The molecule has 3 aromatic rings. The van der Waals surface area contributed by atoms with Crippen molar-refractivity contribution in [2.45, 2.75) is 6.92 Å². The Kier molecular flexibility index (Phi) is 3.31. The maximum Gasteiger partial charge on any atom is 0.341 e. The van der Waals surface area contributed by atoms with E-state index in [0.29, 0.717) is 5.75 Å². The Morgan fingerprint density at radius 3 is 2.71 bits per heavy atom. The van der Waals surface area contributed by atoms with Gasteiger partial charge in [0, 0.05) is 0 Å². The third kappa shape index (κ3) is 2.58. The topological polar surface area (TPSA) is 64.4 Å². The molecule has 0 aliphatic rings. The second-order valence-corrected chi connectivity index (χ2v) is 4.76. The minimum absolute atomic E-state index is 0.366. The Morgan fingerprint density at radius 2 is 2.00 bits per heavy atom. The van der Waals surface area contributed by atoms with Gasteiger partial charge < -0.3 is 9.84 Å². The lowest BCUT2D eigenvalue weighted by Gasteiger charge is -2.06. The molecule has 0 spiro atoms. The van der Waals surface area contributed by atoms with Gasteiger partial charge in [0.15, 0.2) is 6.61 Å². The van der Waals surface area contributed by atoms with Crippen LogP contribution in [0, 0.1) is 6.92 Å². The first-order valence-corrected chi connectivity index (χ1v) is 6.53. The van der Waals surface area contributed by atoms with Gasteiger partial charge in [0.25, 0.3) is 0 Å². The van der Waals surface area contributed by atoms with Crippen LogP contribution in [0.1, 0.15) is 5.56 Å². The van der Waals surface area contributed by atoms with E-state index >= 15 is 0 Å². The summed E-state index contributed by atoms with van der Waals surface area (Å²) in [4.78, 5) is 10.6. The molecule has 0 amide bonds. The van der Waals surface area contributed by atoms with E-state index in [1.54, 1.807) is 12.3 Å². The quantitative estimate of drug-likeness (QED) is 0.799. The van der Waals surface area contributed by atoms with E-state index in [2.05, 4.69) is 5.10 Å². The first-order chi connectivity index (χ1) is 10.1. The average Bonchev–Trinajstić information content (AvgIpc) is 2.90. The summed E-state index contributed by atoms with van der Waals surface area (Å²) in [6.45, 7) is 1.66. The number of aromatic nitrogens is 2. The lowest BCUT2D eigenvalue weighted by molar-refractivity contribution is -0.139. The number of ether oxygens (including phenoxy) is 1. The number of carbonyl (C=O) groups is 1. The highest BCUT2D eigenvalue weighted by molar-refractivity contribution is 5.86. The Hall–Kier alpha value is -2.82. The average molecular weight is 282 g/mol. The van der Waals surface area contributed by atoms with Gasteiger partial charge in [0.05, 0.1) is 22.8 Å². The molecule has 5 heteroatoms. The molecule has 0 radical (unpaired) electrons. The van der Waals surface area contributed by atoms with E-state index in [-0.39, 0.29) is 6.61 Å². The van der Waals surface area contributed by atoms with Gasteiger partial charge in [-0.15, -0.1) is 0 Å². The number of carboxylic acid groups (broad SMARTS) is 1. The Labute approximate surface area is 121 Å². The Bertz CT molecular complexity index is 791. The number of rotatable bonds is 4. The van der Waals surface area contributed by atoms with Crippen LogP contribution in [-0.4, -0.2) is 27.5 Å². The molecule has 106 valence electrons. The van der Waals surface area contributed by atoms with Crippen LogP contribution in [0.2, 0.25) is 0 Å². The second kappa shape index (κ2) is 5.28. The number of carboxylic acids is 1. The predicted octanol–water partition coefficient (Wildman–Crippen LogP) is 2.80. The number of benzene rings is 2. The molecule has 0 saturated heterocycles. The van der Waals surface area contributed by atoms with Crippen molar-refractivity contribution in [3.63, 3.8) is 0 Å². The van der Waals surface area contributed by atoms with Gasteiger partial charge in [-0.25, -0.2) is 9.48 Å². The summed E-state index contributed by atoms with van der Waals surface area (Å²) < 4.78 is 7.10. The summed E-state index contributed by atoms with van der Waals surface area (Å²) in [5.41, 5.74) is 3.01. The standard InChI is InChI=1S/C16H14N2O3/c1-11-5-7-12(8-6-11)18-14-3-2-4-15(13(14)9-17-18)21-10-16(19)20/h2-9H,10H2,1H3,(H,19,20). The lowest BCUT2D eigenvalue weighted by Crippen LogP contribution is -2.09. The number of hydrogen-bond donors (Lipinski definition) is 1. The zero-order valence-electron chi connectivity index (χ0n) is 11.5. The van der Waals surface area contributed by atoms with Crippen molar-refractivity contribution in [2.75, 3.05) is 6.61 Å². The smallest absolute Gasteiger partial charge is 0.341 e. The minimum atomic E-state index is -1.00. The van der Waals surface area contributed by atoms with Gasteiger partial charge in [-0.1, -0.05) is 23.8 Å². The van der Waals surface area contributed by atoms with Crippen LogP contribution in [0.4, 0.5) is 0 Å². The molecule has 0 aliphatic carbocycles. The molecule has 0 aliphatic heterocycles. The number of hydrogen-bond acceptors (Lipinski definition) is 3. The van der Waals surface area contributed by atoms with Gasteiger partial charge >= 0.3 is 5.97 Å². The van der Waals surface area contributed by atoms with Crippen molar-refractivity contribution in [3.8, 4) is 11.4 Å². The Morgan fingerprint density at radius 1 is 1.24 bits per heavy atom. The van der Waals surface area contributed by atoms with E-state index in [9.17, 15) is 4.79 Å². The fourth-order valence-corrected chi connectivity index (χ4v) is 2.18. The highest BCUT2D eigenvalue weighted by atomic mass is 16.5. The summed E-state index contributed by atoms with van der Waals surface area (Å²) in [5, 5.41) is 13.9. The van der Waals surface area contributed by atoms with Crippen molar-refractivity contribution in [1.82, 2.24) is 9.78 Å². The molecule has 1 heterocycles. The van der Waals surface area contributed by atoms with Crippen LogP contribution in [0.3, 0.4) is 0 Å². The van der Waals surface area contributed by atoms with Crippen molar-refractivity contribution < 1.29 is 14.6 Å². The predicted molar refractivity (Wildman–Crippen MR) is 78.9 cm³/mol. The molecule has 0 saturated carbocycles. The number of aryl methyl sites for hydroxylation is 1. The van der Waals surface area contributed by atoms with Crippen LogP contribution < -0.4 is 4.74 Å². The van der Waals surface area contributed by atoms with Gasteiger partial charge in [0.1, 0.15) is 5.75 Å². The zero-order valence-corrected chi connectivity index (χ0v) is 11.5. The molecular weight excluding hydrogens is 268 g/mol. The lowest BCUT2D eigenvalue weighted by atomic mass is 10.2. The molecule has 5 nitrogen and oxygen atoms in total. The maximum absolute atomic E-state index is 10.6. The number of fused-ring (bicyclic) bond motifs is 1. The zero-order chi connectivity index (χ0) is 14.8. The fourth-order valence-electron chi connectivity index (χ4n) is 2.18. The Balaban J connectivity index is 2.04. The van der Waals surface area contributed by atoms with Crippen molar-refractivity contribution >= 4 is 16.9 Å². The molecule has 1 aromatic heterocycles. The molecule has 0 unspecified atom stereocenters. The first-order valence-electron chi connectivity index (χ1n) is 6.53. The number of aliphatic carboxylic acids is 1. The summed E-state index contributed by atoms with van der Waals surface area (Å²) in [7, 11) is 0. The van der Waals surface area contributed by atoms with Gasteiger partial charge in [-0.05, 0) is 31.2 Å². The summed E-state index contributed by atoms with van der Waals surface area (Å²) in [6.07, 6.45) is 1.69. The molecule has 0 bridgehead atoms. The number of nitrogens with zero attached hydrogens (tertiary/aromatic N) is 2. The van der Waals surface area contributed by atoms with Crippen molar-refractivity contribution in [2.24, 2.45) is 0 Å². The van der Waals surface area contributed by atoms with Crippen LogP contribution >= 0.6 is 0 Å². The monoisotopic (exact) mass is 282 g/mol. The molecule has 0 atom stereocenters. The van der Waals surface area contributed by atoms with E-state index in [1.165, 1.54) is 5.56 Å². The molecule has 2 aromatic carbocycles. The van der Waals surface area contributed by atoms with Crippen LogP contribution in [0.15, 0.2) is 48.7 Å². The van der Waals surface area contributed by atoms with E-state index in [0.717, 1.165) is 16.6 Å². The largest absolute Gasteiger partial charge is 0.481 e. The third-order valence-corrected chi connectivity index (χ3v) is 3.20. The molecule has 0 fully saturated rings. The van der Waals surface area contributed by atoms with E-state index in [1.807, 2.05) is 48.0 Å². The van der Waals surface area contributed by atoms with Gasteiger partial charge in [-0.2, -0.15) is 5.10 Å².